The first kappa shape index (κ1) is 15.0. The fraction of sp³-hybridized carbons (Fsp3) is 1.00. The lowest BCUT2D eigenvalue weighted by Crippen LogP contribution is -2.43. The molecule has 0 amide bonds. The first-order chi connectivity index (χ1) is 8.38. The van der Waals surface area contributed by atoms with E-state index in [4.69, 9.17) is 5.73 Å². The van der Waals surface area contributed by atoms with Crippen LogP contribution in [0, 0.1) is 0 Å². The van der Waals surface area contributed by atoms with Crippen molar-refractivity contribution in [2.45, 2.75) is 77.2 Å². The van der Waals surface area contributed by atoms with E-state index in [1.165, 1.54) is 70.8 Å². The summed E-state index contributed by atoms with van der Waals surface area (Å²) in [6.45, 7) is 5.51. The lowest BCUT2D eigenvalue weighted by molar-refractivity contribution is 0.128. The second-order valence-electron chi connectivity index (χ2n) is 5.53. The number of rotatable bonds is 11. The van der Waals surface area contributed by atoms with Crippen LogP contribution in [0.1, 0.15) is 71.1 Å². The van der Waals surface area contributed by atoms with Gasteiger partial charge in [-0.15, -0.1) is 0 Å². The molecular formula is C15H32N2. The number of hydrogen-bond acceptors (Lipinski definition) is 2. The van der Waals surface area contributed by atoms with E-state index in [0.29, 0.717) is 0 Å². The van der Waals surface area contributed by atoms with Gasteiger partial charge in [0.15, 0.2) is 0 Å². The van der Waals surface area contributed by atoms with Gasteiger partial charge in [0.05, 0.1) is 0 Å². The summed E-state index contributed by atoms with van der Waals surface area (Å²) in [5.41, 5.74) is 5.69. The van der Waals surface area contributed by atoms with Gasteiger partial charge in [-0.05, 0) is 25.8 Å². The Balaban J connectivity index is 1.94. The van der Waals surface area contributed by atoms with Crippen LogP contribution in [-0.4, -0.2) is 30.6 Å². The van der Waals surface area contributed by atoms with Crippen LogP contribution >= 0.6 is 0 Å². The molecule has 0 atom stereocenters. The molecule has 0 aromatic carbocycles. The molecule has 1 rings (SSSR count). The van der Waals surface area contributed by atoms with Crippen molar-refractivity contribution in [2.75, 3.05) is 19.6 Å². The first-order valence-corrected chi connectivity index (χ1v) is 7.82. The molecular weight excluding hydrogens is 208 g/mol. The highest BCUT2D eigenvalue weighted by Crippen LogP contribution is 2.24. The molecule has 0 unspecified atom stereocenters. The fourth-order valence-corrected chi connectivity index (χ4v) is 2.67. The van der Waals surface area contributed by atoms with Gasteiger partial charge in [-0.25, -0.2) is 0 Å². The van der Waals surface area contributed by atoms with Crippen LogP contribution in [0.15, 0.2) is 0 Å². The molecule has 0 radical (unpaired) electrons. The monoisotopic (exact) mass is 240 g/mol. The summed E-state index contributed by atoms with van der Waals surface area (Å²) in [4.78, 5) is 2.63. The third-order valence-corrected chi connectivity index (χ3v) is 4.06. The quantitative estimate of drug-likeness (QED) is 0.560. The number of nitrogens with zero attached hydrogens (tertiary/aromatic N) is 1. The Bertz CT molecular complexity index is 166. The molecule has 0 heterocycles. The zero-order chi connectivity index (χ0) is 12.3. The average molecular weight is 240 g/mol. The first-order valence-electron chi connectivity index (χ1n) is 7.82. The van der Waals surface area contributed by atoms with Crippen molar-refractivity contribution >= 4 is 0 Å². The molecule has 102 valence electrons. The van der Waals surface area contributed by atoms with Crippen molar-refractivity contribution in [3.05, 3.63) is 0 Å². The van der Waals surface area contributed by atoms with Crippen molar-refractivity contribution in [3.8, 4) is 0 Å². The molecule has 1 fully saturated rings. The van der Waals surface area contributed by atoms with E-state index in [1.54, 1.807) is 0 Å². The predicted octanol–water partition coefficient (Wildman–Crippen LogP) is 3.55. The minimum absolute atomic E-state index is 0.826. The Morgan fingerprint density at radius 3 is 2.12 bits per heavy atom. The zero-order valence-electron chi connectivity index (χ0n) is 11.8. The second-order valence-corrected chi connectivity index (χ2v) is 5.53. The van der Waals surface area contributed by atoms with Gasteiger partial charge in [0, 0.05) is 19.1 Å². The van der Waals surface area contributed by atoms with Crippen LogP contribution in [-0.2, 0) is 0 Å². The van der Waals surface area contributed by atoms with E-state index in [0.717, 1.165) is 19.1 Å². The van der Waals surface area contributed by atoms with Gasteiger partial charge in [0.25, 0.3) is 0 Å². The lowest BCUT2D eigenvalue weighted by atomic mass is 9.91. The van der Waals surface area contributed by atoms with E-state index >= 15 is 0 Å². The van der Waals surface area contributed by atoms with Crippen molar-refractivity contribution < 1.29 is 0 Å². The molecule has 0 bridgehead atoms. The molecule has 17 heavy (non-hydrogen) atoms. The molecule has 0 saturated heterocycles. The molecule has 1 aliphatic carbocycles. The smallest absolute Gasteiger partial charge is 0.0108 e. The highest BCUT2D eigenvalue weighted by atomic mass is 15.2. The summed E-state index contributed by atoms with van der Waals surface area (Å²) < 4.78 is 0. The lowest BCUT2D eigenvalue weighted by Gasteiger charge is -2.37. The van der Waals surface area contributed by atoms with E-state index in [9.17, 15) is 0 Å². The Hall–Kier alpha value is -0.0800. The standard InChI is InChI=1S/C15H32N2/c1-2-3-4-5-6-7-8-13-17(14-12-16)15-10-9-11-15/h15H,2-14,16H2,1H3. The zero-order valence-corrected chi connectivity index (χ0v) is 11.8. The van der Waals surface area contributed by atoms with Gasteiger partial charge in [-0.2, -0.15) is 0 Å². The summed E-state index contributed by atoms with van der Waals surface area (Å²) in [6.07, 6.45) is 14.1. The van der Waals surface area contributed by atoms with E-state index in [-0.39, 0.29) is 0 Å². The summed E-state index contributed by atoms with van der Waals surface area (Å²) in [7, 11) is 0. The Morgan fingerprint density at radius 2 is 1.59 bits per heavy atom. The molecule has 1 saturated carbocycles. The Labute approximate surface area is 108 Å². The Morgan fingerprint density at radius 1 is 0.941 bits per heavy atom. The third kappa shape index (κ3) is 6.42. The van der Waals surface area contributed by atoms with Crippen LogP contribution in [0.25, 0.3) is 0 Å². The maximum absolute atomic E-state index is 5.69. The largest absolute Gasteiger partial charge is 0.329 e. The summed E-state index contributed by atoms with van der Waals surface area (Å²) in [5, 5.41) is 0. The van der Waals surface area contributed by atoms with Gasteiger partial charge in [0.1, 0.15) is 0 Å². The number of unbranched alkanes of at least 4 members (excludes halogenated alkanes) is 6. The van der Waals surface area contributed by atoms with Gasteiger partial charge in [0.2, 0.25) is 0 Å². The van der Waals surface area contributed by atoms with Crippen molar-refractivity contribution in [1.29, 1.82) is 0 Å². The summed E-state index contributed by atoms with van der Waals surface area (Å²) in [5.74, 6) is 0. The van der Waals surface area contributed by atoms with Crippen LogP contribution in [0.4, 0.5) is 0 Å². The molecule has 0 aliphatic heterocycles. The SMILES string of the molecule is CCCCCCCCCN(CCN)C1CCC1. The molecule has 2 heteroatoms. The van der Waals surface area contributed by atoms with Crippen molar-refractivity contribution in [3.63, 3.8) is 0 Å². The van der Waals surface area contributed by atoms with Gasteiger partial charge >= 0.3 is 0 Å². The topological polar surface area (TPSA) is 29.3 Å². The van der Waals surface area contributed by atoms with Gasteiger partial charge in [-0.1, -0.05) is 51.9 Å². The van der Waals surface area contributed by atoms with Crippen molar-refractivity contribution in [2.24, 2.45) is 5.73 Å². The van der Waals surface area contributed by atoms with Gasteiger partial charge in [-0.3, -0.25) is 4.90 Å². The van der Waals surface area contributed by atoms with E-state index < -0.39 is 0 Å². The maximum Gasteiger partial charge on any atom is 0.0108 e. The normalized spacial score (nSPS) is 16.4. The van der Waals surface area contributed by atoms with Crippen LogP contribution in [0.3, 0.4) is 0 Å². The fourth-order valence-electron chi connectivity index (χ4n) is 2.67. The van der Waals surface area contributed by atoms with E-state index in [2.05, 4.69) is 11.8 Å². The highest BCUT2D eigenvalue weighted by molar-refractivity contribution is 4.80. The summed E-state index contributed by atoms with van der Waals surface area (Å²) >= 11 is 0. The minimum atomic E-state index is 0.826. The molecule has 1 aliphatic rings. The number of nitrogens with two attached hydrogens (primary N) is 1. The molecule has 0 aromatic rings. The van der Waals surface area contributed by atoms with Crippen LogP contribution in [0.2, 0.25) is 0 Å². The number of hydrogen-bond donors (Lipinski definition) is 1. The third-order valence-electron chi connectivity index (χ3n) is 4.06. The molecule has 0 spiro atoms. The second kappa shape index (κ2) is 9.90. The molecule has 2 nitrogen and oxygen atoms in total. The van der Waals surface area contributed by atoms with Gasteiger partial charge < -0.3 is 5.73 Å². The van der Waals surface area contributed by atoms with E-state index in [1.807, 2.05) is 0 Å². The maximum atomic E-state index is 5.69. The van der Waals surface area contributed by atoms with Crippen molar-refractivity contribution in [1.82, 2.24) is 4.90 Å². The average Bonchev–Trinajstić information content (AvgIpc) is 2.25. The Kier molecular flexibility index (Phi) is 8.72. The van der Waals surface area contributed by atoms with Crippen LogP contribution < -0.4 is 5.73 Å². The predicted molar refractivity (Wildman–Crippen MR) is 76.3 cm³/mol. The minimum Gasteiger partial charge on any atom is -0.329 e. The highest BCUT2D eigenvalue weighted by Gasteiger charge is 2.23. The molecule has 0 aromatic heterocycles. The summed E-state index contributed by atoms with van der Waals surface area (Å²) in [6, 6.07) is 0.874. The van der Waals surface area contributed by atoms with Crippen LogP contribution in [0.5, 0.6) is 0 Å². The molecule has 2 N–H and O–H groups in total.